The standard InChI is InChI=1S/C28H38O5/c1-15-25(31)33-23-13-27(15,3)32-14-19(23)21-8-7-20-18-6-5-16-11-17(29)12-24(30)28(16,4)22(18)9-10-26(20,21)2/h5,17-23,29H,1,6-14H2,2-4H3/t17-,18+,19+,20+,21-,22+,23-,26+,27-,28+/m1/s1. The first-order chi connectivity index (χ1) is 15.6. The van der Waals surface area contributed by atoms with Gasteiger partial charge in [0.05, 0.1) is 23.7 Å². The topological polar surface area (TPSA) is 72.8 Å². The zero-order chi connectivity index (χ0) is 23.3. The third kappa shape index (κ3) is 2.84. The highest BCUT2D eigenvalue weighted by Gasteiger charge is 2.63. The molecule has 0 aromatic carbocycles. The molecule has 0 aromatic heterocycles. The molecule has 2 aliphatic heterocycles. The molecule has 0 aromatic rings. The van der Waals surface area contributed by atoms with Crippen LogP contribution in [0.2, 0.25) is 0 Å². The van der Waals surface area contributed by atoms with Crippen molar-refractivity contribution in [2.75, 3.05) is 6.61 Å². The van der Waals surface area contributed by atoms with E-state index in [4.69, 9.17) is 9.47 Å². The van der Waals surface area contributed by atoms with Gasteiger partial charge in [0.2, 0.25) is 0 Å². The van der Waals surface area contributed by atoms with E-state index in [-0.39, 0.29) is 29.2 Å². The van der Waals surface area contributed by atoms with Gasteiger partial charge in [-0.15, -0.1) is 0 Å². The van der Waals surface area contributed by atoms with Crippen molar-refractivity contribution in [3.63, 3.8) is 0 Å². The van der Waals surface area contributed by atoms with Crippen molar-refractivity contribution in [2.45, 2.75) is 89.9 Å². The largest absolute Gasteiger partial charge is 0.458 e. The van der Waals surface area contributed by atoms with Crippen molar-refractivity contribution in [1.29, 1.82) is 0 Å². The molecule has 2 saturated heterocycles. The summed E-state index contributed by atoms with van der Waals surface area (Å²) < 4.78 is 12.2. The van der Waals surface area contributed by atoms with Gasteiger partial charge in [0.15, 0.2) is 0 Å². The zero-order valence-corrected chi connectivity index (χ0v) is 20.3. The van der Waals surface area contributed by atoms with Crippen LogP contribution < -0.4 is 0 Å². The number of hydrogen-bond donors (Lipinski definition) is 1. The Bertz CT molecular complexity index is 952. The number of Topliss-reactive ketones (excluding diaryl/α,β-unsaturated/α-hetero) is 1. The van der Waals surface area contributed by atoms with Crippen LogP contribution in [0.3, 0.4) is 0 Å². The number of fused-ring (bicyclic) bond motifs is 7. The first-order valence-corrected chi connectivity index (χ1v) is 13.0. The number of hydrogen-bond acceptors (Lipinski definition) is 5. The van der Waals surface area contributed by atoms with Crippen LogP contribution >= 0.6 is 0 Å². The van der Waals surface area contributed by atoms with Gasteiger partial charge in [0.25, 0.3) is 0 Å². The van der Waals surface area contributed by atoms with Crippen LogP contribution in [0.5, 0.6) is 0 Å². The molecule has 10 atom stereocenters. The molecule has 0 spiro atoms. The molecule has 33 heavy (non-hydrogen) atoms. The van der Waals surface area contributed by atoms with Crippen LogP contribution in [-0.4, -0.2) is 41.3 Å². The summed E-state index contributed by atoms with van der Waals surface area (Å²) >= 11 is 0. The third-order valence-corrected chi connectivity index (χ3v) is 11.3. The van der Waals surface area contributed by atoms with E-state index in [0.717, 1.165) is 25.7 Å². The van der Waals surface area contributed by atoms with Crippen LogP contribution in [-0.2, 0) is 19.1 Å². The molecule has 4 aliphatic carbocycles. The molecule has 5 fully saturated rings. The summed E-state index contributed by atoms with van der Waals surface area (Å²) in [6.45, 7) is 11.2. The number of rotatable bonds is 1. The van der Waals surface area contributed by atoms with E-state index in [0.29, 0.717) is 55.1 Å². The summed E-state index contributed by atoms with van der Waals surface area (Å²) in [6.07, 6.45) is 8.92. The van der Waals surface area contributed by atoms with Gasteiger partial charge in [0, 0.05) is 18.8 Å². The average molecular weight is 455 g/mol. The molecule has 5 nitrogen and oxygen atoms in total. The van der Waals surface area contributed by atoms with Crippen LogP contribution in [0.25, 0.3) is 0 Å². The van der Waals surface area contributed by atoms with Gasteiger partial charge >= 0.3 is 5.97 Å². The highest BCUT2D eigenvalue weighted by Crippen LogP contribution is 2.67. The van der Waals surface area contributed by atoms with Gasteiger partial charge in [0.1, 0.15) is 17.5 Å². The minimum Gasteiger partial charge on any atom is -0.458 e. The summed E-state index contributed by atoms with van der Waals surface area (Å²) in [5, 5.41) is 10.2. The molecule has 1 N–H and O–H groups in total. The second-order valence-electron chi connectivity index (χ2n) is 12.6. The Morgan fingerprint density at radius 2 is 1.76 bits per heavy atom. The minimum absolute atomic E-state index is 0.0863. The van der Waals surface area contributed by atoms with Crippen LogP contribution in [0.4, 0.5) is 0 Å². The lowest BCUT2D eigenvalue weighted by Gasteiger charge is -2.58. The van der Waals surface area contributed by atoms with Crippen molar-refractivity contribution in [2.24, 2.45) is 40.4 Å². The summed E-state index contributed by atoms with van der Waals surface area (Å²) in [5.74, 6) is 2.14. The fourth-order valence-corrected chi connectivity index (χ4v) is 9.36. The van der Waals surface area contributed by atoms with Crippen LogP contribution in [0, 0.1) is 40.4 Å². The SMILES string of the molecule is C=C1C(=O)O[C@@H]2C[C@@]1(C)OC[C@H]2[C@H]1CC[C@H]2[C@@H]3CC=C4C[C@@H](O)CC(=O)[C@]4(C)[C@H]3CC[C@]12C. The molecule has 0 radical (unpaired) electrons. The normalized spacial score (nSPS) is 53.5. The molecule has 5 heteroatoms. The Labute approximate surface area is 197 Å². The summed E-state index contributed by atoms with van der Waals surface area (Å²) in [4.78, 5) is 25.7. The van der Waals surface area contributed by atoms with E-state index in [2.05, 4.69) is 26.5 Å². The molecular formula is C28H38O5. The zero-order valence-electron chi connectivity index (χ0n) is 20.3. The predicted octanol–water partition coefficient (Wildman–Crippen LogP) is 4.38. The number of ether oxygens (including phenoxy) is 2. The maximum Gasteiger partial charge on any atom is 0.336 e. The van der Waals surface area contributed by atoms with Crippen molar-refractivity contribution in [3.05, 3.63) is 23.8 Å². The molecular weight excluding hydrogens is 416 g/mol. The number of esters is 1. The maximum absolute atomic E-state index is 13.2. The van der Waals surface area contributed by atoms with E-state index < -0.39 is 17.1 Å². The molecule has 0 unspecified atom stereocenters. The number of carbonyl (C=O) groups excluding carboxylic acids is 2. The first-order valence-electron chi connectivity index (χ1n) is 13.0. The first kappa shape index (κ1) is 22.0. The van der Waals surface area contributed by atoms with E-state index in [1.54, 1.807) is 0 Å². The Morgan fingerprint density at radius 3 is 2.52 bits per heavy atom. The molecule has 180 valence electrons. The van der Waals surface area contributed by atoms with E-state index >= 15 is 0 Å². The van der Waals surface area contributed by atoms with Crippen LogP contribution in [0.1, 0.15) is 72.1 Å². The minimum atomic E-state index is -0.585. The van der Waals surface area contributed by atoms with Gasteiger partial charge in [-0.05, 0) is 81.5 Å². The van der Waals surface area contributed by atoms with Crippen molar-refractivity contribution < 1.29 is 24.2 Å². The van der Waals surface area contributed by atoms with Crippen molar-refractivity contribution in [1.82, 2.24) is 0 Å². The number of allylic oxidation sites excluding steroid dienone is 1. The quantitative estimate of drug-likeness (QED) is 0.362. The molecule has 2 heterocycles. The third-order valence-electron chi connectivity index (χ3n) is 11.3. The van der Waals surface area contributed by atoms with Gasteiger partial charge in [-0.1, -0.05) is 25.2 Å². The summed E-state index contributed by atoms with van der Waals surface area (Å²) in [6, 6.07) is 0. The number of ketones is 1. The number of aliphatic hydroxyl groups is 1. The molecule has 6 aliphatic rings. The smallest absolute Gasteiger partial charge is 0.336 e. The van der Waals surface area contributed by atoms with Crippen LogP contribution in [0.15, 0.2) is 23.8 Å². The lowest BCUT2D eigenvalue weighted by molar-refractivity contribution is -0.200. The fourth-order valence-electron chi connectivity index (χ4n) is 9.36. The van der Waals surface area contributed by atoms with E-state index in [1.165, 1.54) is 12.0 Å². The van der Waals surface area contributed by atoms with Gasteiger partial charge in [-0.25, -0.2) is 4.79 Å². The van der Waals surface area contributed by atoms with E-state index in [1.807, 2.05) is 6.92 Å². The number of aliphatic hydroxyl groups excluding tert-OH is 1. The molecule has 3 saturated carbocycles. The average Bonchev–Trinajstić information content (AvgIpc) is 3.11. The van der Waals surface area contributed by atoms with Crippen molar-refractivity contribution >= 4 is 11.8 Å². The molecule has 2 bridgehead atoms. The lowest BCUT2D eigenvalue weighted by Crippen LogP contribution is -2.58. The summed E-state index contributed by atoms with van der Waals surface area (Å²) in [5.41, 5.74) is 0.853. The maximum atomic E-state index is 13.2. The van der Waals surface area contributed by atoms with E-state index in [9.17, 15) is 14.7 Å². The Balaban J connectivity index is 1.28. The van der Waals surface area contributed by atoms with Gasteiger partial charge in [-0.2, -0.15) is 0 Å². The highest BCUT2D eigenvalue weighted by atomic mass is 16.6. The van der Waals surface area contributed by atoms with Gasteiger partial charge in [-0.3, -0.25) is 4.79 Å². The Kier molecular flexibility index (Phi) is 4.70. The molecule has 0 amide bonds. The second-order valence-corrected chi connectivity index (χ2v) is 12.6. The summed E-state index contributed by atoms with van der Waals surface area (Å²) in [7, 11) is 0. The second kappa shape index (κ2) is 7.04. The Morgan fingerprint density at radius 1 is 1.03 bits per heavy atom. The lowest BCUT2D eigenvalue weighted by atomic mass is 9.46. The monoisotopic (exact) mass is 454 g/mol. The van der Waals surface area contributed by atoms with Gasteiger partial charge < -0.3 is 14.6 Å². The predicted molar refractivity (Wildman–Crippen MR) is 123 cm³/mol. The number of carbonyl (C=O) groups is 2. The highest BCUT2D eigenvalue weighted by molar-refractivity contribution is 5.91. The van der Waals surface area contributed by atoms with Crippen molar-refractivity contribution in [3.8, 4) is 0 Å². The fraction of sp³-hybridized carbons (Fsp3) is 0.786. The Hall–Kier alpha value is -1.46. The molecule has 6 rings (SSSR count).